The predicted molar refractivity (Wildman–Crippen MR) is 124 cm³/mol. The van der Waals surface area contributed by atoms with Crippen LogP contribution < -0.4 is 10.2 Å². The van der Waals surface area contributed by atoms with E-state index in [0.717, 1.165) is 17.7 Å². The van der Waals surface area contributed by atoms with Crippen molar-refractivity contribution in [1.29, 1.82) is 0 Å². The molecule has 0 spiro atoms. The van der Waals surface area contributed by atoms with Crippen molar-refractivity contribution >= 4 is 17.5 Å². The first-order valence-electron chi connectivity index (χ1n) is 10.9. The lowest BCUT2D eigenvalue weighted by atomic mass is 9.88. The molecule has 1 N–H and O–H groups in total. The number of hydrogen-bond donors (Lipinski definition) is 1. The Labute approximate surface area is 183 Å². The van der Waals surface area contributed by atoms with Crippen LogP contribution in [0.3, 0.4) is 0 Å². The number of carbonyl (C=O) groups excluding carboxylic acids is 2. The van der Waals surface area contributed by atoms with E-state index in [1.165, 1.54) is 11.1 Å². The number of amides is 2. The number of rotatable bonds is 7. The molecule has 4 nitrogen and oxygen atoms in total. The van der Waals surface area contributed by atoms with E-state index >= 15 is 0 Å². The van der Waals surface area contributed by atoms with Crippen LogP contribution in [-0.4, -0.2) is 24.9 Å². The number of anilines is 1. The highest BCUT2D eigenvalue weighted by atomic mass is 16.2. The molecule has 158 valence electrons. The number of benzene rings is 3. The molecular formula is C27H28N2O2. The van der Waals surface area contributed by atoms with E-state index in [0.29, 0.717) is 13.1 Å². The van der Waals surface area contributed by atoms with Gasteiger partial charge in [0, 0.05) is 31.1 Å². The highest BCUT2D eigenvalue weighted by Crippen LogP contribution is 2.28. The summed E-state index contributed by atoms with van der Waals surface area (Å²) in [5, 5.41) is 3.08. The van der Waals surface area contributed by atoms with Crippen LogP contribution in [0.15, 0.2) is 84.9 Å². The smallest absolute Gasteiger partial charge is 0.227 e. The van der Waals surface area contributed by atoms with Crippen LogP contribution in [0.2, 0.25) is 0 Å². The number of nitrogens with zero attached hydrogens (tertiary/aromatic N) is 1. The van der Waals surface area contributed by atoms with Gasteiger partial charge in [0.1, 0.15) is 0 Å². The molecule has 0 bridgehead atoms. The molecule has 1 saturated heterocycles. The number of aryl methyl sites for hydroxylation is 1. The molecule has 0 saturated carbocycles. The molecule has 3 aromatic carbocycles. The zero-order chi connectivity index (χ0) is 21.6. The molecule has 2 amide bonds. The second kappa shape index (κ2) is 9.61. The van der Waals surface area contributed by atoms with Gasteiger partial charge in [0.25, 0.3) is 0 Å². The molecule has 3 aromatic rings. The molecule has 0 aliphatic carbocycles. The van der Waals surface area contributed by atoms with Gasteiger partial charge in [-0.05, 0) is 42.2 Å². The third-order valence-electron chi connectivity index (χ3n) is 5.95. The maximum Gasteiger partial charge on any atom is 0.227 e. The first-order valence-corrected chi connectivity index (χ1v) is 10.9. The SMILES string of the molecule is Cc1cccc(N2C[C@H](C(=O)NCCC(c3ccccc3)c3ccccc3)CC2=O)c1. The maximum absolute atomic E-state index is 12.8. The molecular weight excluding hydrogens is 384 g/mol. The standard InChI is InChI=1S/C27H28N2O2/c1-20-9-8-14-24(17-20)29-19-23(18-26(29)30)27(31)28-16-15-25(21-10-4-2-5-11-21)22-12-6-3-7-13-22/h2-14,17,23,25H,15-16,18-19H2,1H3,(H,28,31)/t23-/m1/s1. The van der Waals surface area contributed by atoms with Crippen LogP contribution in [-0.2, 0) is 9.59 Å². The first-order chi connectivity index (χ1) is 15.1. The van der Waals surface area contributed by atoms with Crippen LogP contribution in [0, 0.1) is 12.8 Å². The fraction of sp³-hybridized carbons (Fsp3) is 0.259. The van der Waals surface area contributed by atoms with Gasteiger partial charge in [0.05, 0.1) is 5.92 Å². The van der Waals surface area contributed by atoms with Crippen LogP contribution >= 0.6 is 0 Å². The Morgan fingerprint density at radius 3 is 2.23 bits per heavy atom. The first kappa shape index (κ1) is 20.9. The van der Waals surface area contributed by atoms with Gasteiger partial charge < -0.3 is 10.2 Å². The van der Waals surface area contributed by atoms with Crippen molar-refractivity contribution in [2.45, 2.75) is 25.7 Å². The Kier molecular flexibility index (Phi) is 6.46. The molecule has 0 aromatic heterocycles. The van der Waals surface area contributed by atoms with Gasteiger partial charge >= 0.3 is 0 Å². The summed E-state index contributed by atoms with van der Waals surface area (Å²) in [5.41, 5.74) is 4.45. The lowest BCUT2D eigenvalue weighted by Crippen LogP contribution is -2.34. The van der Waals surface area contributed by atoms with E-state index in [2.05, 4.69) is 29.6 Å². The Bertz CT molecular complexity index is 994. The third-order valence-corrected chi connectivity index (χ3v) is 5.95. The zero-order valence-electron chi connectivity index (χ0n) is 17.8. The lowest BCUT2D eigenvalue weighted by molar-refractivity contribution is -0.126. The highest BCUT2D eigenvalue weighted by molar-refractivity contribution is 6.00. The van der Waals surface area contributed by atoms with E-state index in [1.54, 1.807) is 4.90 Å². The zero-order valence-corrected chi connectivity index (χ0v) is 17.8. The molecule has 0 radical (unpaired) electrons. The topological polar surface area (TPSA) is 49.4 Å². The van der Waals surface area contributed by atoms with Crippen LogP contribution in [0.25, 0.3) is 0 Å². The van der Waals surface area contributed by atoms with Gasteiger partial charge in [-0.2, -0.15) is 0 Å². The number of nitrogens with one attached hydrogen (secondary N) is 1. The fourth-order valence-corrected chi connectivity index (χ4v) is 4.31. The van der Waals surface area contributed by atoms with Crippen molar-refractivity contribution in [3.8, 4) is 0 Å². The second-order valence-electron chi connectivity index (χ2n) is 8.20. The summed E-state index contributed by atoms with van der Waals surface area (Å²) < 4.78 is 0. The fourth-order valence-electron chi connectivity index (χ4n) is 4.31. The van der Waals surface area contributed by atoms with Gasteiger partial charge in [0.2, 0.25) is 11.8 Å². The highest BCUT2D eigenvalue weighted by Gasteiger charge is 2.35. The molecule has 1 aliphatic heterocycles. The Morgan fingerprint density at radius 1 is 0.968 bits per heavy atom. The molecule has 4 rings (SSSR count). The van der Waals surface area contributed by atoms with Crippen molar-refractivity contribution in [3.63, 3.8) is 0 Å². The van der Waals surface area contributed by atoms with Crippen LogP contribution in [0.1, 0.15) is 35.4 Å². The molecule has 1 heterocycles. The number of carbonyl (C=O) groups is 2. The van der Waals surface area contributed by atoms with E-state index in [-0.39, 0.29) is 30.1 Å². The Morgan fingerprint density at radius 2 is 1.61 bits per heavy atom. The molecule has 0 unspecified atom stereocenters. The predicted octanol–water partition coefficient (Wildman–Crippen LogP) is 4.69. The van der Waals surface area contributed by atoms with Crippen LogP contribution in [0.5, 0.6) is 0 Å². The van der Waals surface area contributed by atoms with E-state index < -0.39 is 0 Å². The summed E-state index contributed by atoms with van der Waals surface area (Å²) in [5.74, 6) is -0.114. The number of hydrogen-bond acceptors (Lipinski definition) is 2. The maximum atomic E-state index is 12.8. The normalized spacial score (nSPS) is 16.0. The van der Waals surface area contributed by atoms with E-state index in [4.69, 9.17) is 0 Å². The van der Waals surface area contributed by atoms with Gasteiger partial charge in [-0.3, -0.25) is 9.59 Å². The summed E-state index contributed by atoms with van der Waals surface area (Å²) in [6.07, 6.45) is 1.07. The van der Waals surface area contributed by atoms with E-state index in [9.17, 15) is 9.59 Å². The molecule has 4 heteroatoms. The van der Waals surface area contributed by atoms with Gasteiger partial charge in [-0.1, -0.05) is 72.8 Å². The minimum Gasteiger partial charge on any atom is -0.356 e. The van der Waals surface area contributed by atoms with Crippen molar-refractivity contribution in [2.24, 2.45) is 5.92 Å². The van der Waals surface area contributed by atoms with Gasteiger partial charge in [-0.15, -0.1) is 0 Å². The summed E-state index contributed by atoms with van der Waals surface area (Å²) in [4.78, 5) is 27.0. The van der Waals surface area contributed by atoms with Gasteiger partial charge in [-0.25, -0.2) is 0 Å². The molecule has 1 fully saturated rings. The molecule has 1 atom stereocenters. The quantitative estimate of drug-likeness (QED) is 0.612. The second-order valence-corrected chi connectivity index (χ2v) is 8.20. The lowest BCUT2D eigenvalue weighted by Gasteiger charge is -2.19. The summed E-state index contributed by atoms with van der Waals surface area (Å²) in [7, 11) is 0. The van der Waals surface area contributed by atoms with Crippen molar-refractivity contribution in [2.75, 3.05) is 18.0 Å². The minimum atomic E-state index is -0.306. The average Bonchev–Trinajstić information content (AvgIpc) is 3.19. The van der Waals surface area contributed by atoms with Crippen molar-refractivity contribution < 1.29 is 9.59 Å². The largest absolute Gasteiger partial charge is 0.356 e. The minimum absolute atomic E-state index is 0.0113. The molecule has 31 heavy (non-hydrogen) atoms. The Hall–Kier alpha value is -3.40. The summed E-state index contributed by atoms with van der Waals surface area (Å²) in [6, 6.07) is 28.6. The monoisotopic (exact) mass is 412 g/mol. The Balaban J connectivity index is 1.37. The summed E-state index contributed by atoms with van der Waals surface area (Å²) >= 11 is 0. The van der Waals surface area contributed by atoms with Crippen molar-refractivity contribution in [3.05, 3.63) is 102 Å². The average molecular weight is 413 g/mol. The van der Waals surface area contributed by atoms with Crippen LogP contribution in [0.4, 0.5) is 5.69 Å². The van der Waals surface area contributed by atoms with Crippen molar-refractivity contribution in [1.82, 2.24) is 5.32 Å². The summed E-state index contributed by atoms with van der Waals surface area (Å²) in [6.45, 7) is 3.02. The molecule has 1 aliphatic rings. The van der Waals surface area contributed by atoms with E-state index in [1.807, 2.05) is 67.6 Å². The third kappa shape index (κ3) is 5.02. The van der Waals surface area contributed by atoms with Gasteiger partial charge in [0.15, 0.2) is 0 Å².